The lowest BCUT2D eigenvalue weighted by Gasteiger charge is -2.13. The molecule has 0 atom stereocenters. The van der Waals surface area contributed by atoms with Gasteiger partial charge < -0.3 is 15.4 Å². The van der Waals surface area contributed by atoms with E-state index in [2.05, 4.69) is 51.8 Å². The Morgan fingerprint density at radius 2 is 1.90 bits per heavy atom. The molecule has 2 rings (SSSR count). The smallest absolute Gasteiger partial charge is 0.204 e. The fourth-order valence-electron chi connectivity index (χ4n) is 2.18. The first-order chi connectivity index (χ1) is 10.2. The summed E-state index contributed by atoms with van der Waals surface area (Å²) in [5, 5.41) is 6.48. The van der Waals surface area contributed by atoms with Gasteiger partial charge in [-0.2, -0.15) is 0 Å². The maximum atomic E-state index is 5.40. The predicted octanol–water partition coefficient (Wildman–Crippen LogP) is 2.88. The molecule has 0 saturated heterocycles. The molecule has 2 aromatic rings. The van der Waals surface area contributed by atoms with E-state index >= 15 is 0 Å². The van der Waals surface area contributed by atoms with Crippen molar-refractivity contribution >= 4 is 11.6 Å². The van der Waals surface area contributed by atoms with Gasteiger partial charge in [-0.3, -0.25) is 0 Å². The van der Waals surface area contributed by atoms with Gasteiger partial charge in [0.15, 0.2) is 11.6 Å². The van der Waals surface area contributed by atoms with Crippen molar-refractivity contribution in [3.05, 3.63) is 41.7 Å². The number of nitrogens with zero attached hydrogens (tertiary/aromatic N) is 2. The third kappa shape index (κ3) is 4.08. The Balaban J connectivity index is 2.01. The van der Waals surface area contributed by atoms with Crippen LogP contribution in [0.5, 0.6) is 5.75 Å². The molecule has 0 bridgehead atoms. The number of anilines is 2. The topological polar surface area (TPSA) is 59.1 Å². The van der Waals surface area contributed by atoms with Gasteiger partial charge in [0.2, 0.25) is 5.75 Å². The fraction of sp³-hybridized carbons (Fsp3) is 0.375. The summed E-state index contributed by atoms with van der Waals surface area (Å²) in [6, 6.07) is 8.52. The van der Waals surface area contributed by atoms with Crippen LogP contribution in [0, 0.1) is 6.92 Å². The molecule has 0 fully saturated rings. The van der Waals surface area contributed by atoms with Gasteiger partial charge in [0.05, 0.1) is 7.11 Å². The van der Waals surface area contributed by atoms with Crippen molar-refractivity contribution in [2.75, 3.05) is 30.8 Å². The van der Waals surface area contributed by atoms with Crippen molar-refractivity contribution in [3.63, 3.8) is 0 Å². The third-order valence-corrected chi connectivity index (χ3v) is 3.14. The van der Waals surface area contributed by atoms with Crippen molar-refractivity contribution in [1.29, 1.82) is 0 Å². The lowest BCUT2D eigenvalue weighted by Crippen LogP contribution is -2.10. The van der Waals surface area contributed by atoms with E-state index in [1.54, 1.807) is 7.11 Å². The van der Waals surface area contributed by atoms with Crippen LogP contribution in [0.25, 0.3) is 0 Å². The summed E-state index contributed by atoms with van der Waals surface area (Å²) in [6.07, 6.45) is 2.47. The molecule has 0 aliphatic rings. The molecule has 0 radical (unpaired) electrons. The van der Waals surface area contributed by atoms with Gasteiger partial charge in [-0.1, -0.05) is 29.8 Å². The van der Waals surface area contributed by atoms with E-state index in [-0.39, 0.29) is 0 Å². The number of hydrogen-bond donors (Lipinski definition) is 2. The molecule has 5 nitrogen and oxygen atoms in total. The Bertz CT molecular complexity index is 586. The van der Waals surface area contributed by atoms with Gasteiger partial charge in [-0.05, 0) is 25.8 Å². The number of ether oxygens (including phenoxy) is 1. The molecular weight excluding hydrogens is 264 g/mol. The Labute approximate surface area is 125 Å². The molecule has 0 aliphatic heterocycles. The van der Waals surface area contributed by atoms with Crippen molar-refractivity contribution < 1.29 is 4.74 Å². The summed E-state index contributed by atoms with van der Waals surface area (Å²) in [5.74, 6) is 2.09. The number of aryl methyl sites for hydroxylation is 1. The minimum absolute atomic E-state index is 0.656. The van der Waals surface area contributed by atoms with Gasteiger partial charge in [0.25, 0.3) is 0 Å². The van der Waals surface area contributed by atoms with E-state index in [1.165, 1.54) is 17.5 Å². The summed E-state index contributed by atoms with van der Waals surface area (Å²) in [6.45, 7) is 5.71. The second-order valence-corrected chi connectivity index (χ2v) is 4.80. The van der Waals surface area contributed by atoms with Gasteiger partial charge in [-0.25, -0.2) is 9.97 Å². The zero-order valence-electron chi connectivity index (χ0n) is 12.8. The number of benzene rings is 1. The van der Waals surface area contributed by atoms with Crippen molar-refractivity contribution in [1.82, 2.24) is 9.97 Å². The highest BCUT2D eigenvalue weighted by Gasteiger charge is 2.10. The van der Waals surface area contributed by atoms with Crippen LogP contribution in [-0.2, 0) is 6.42 Å². The summed E-state index contributed by atoms with van der Waals surface area (Å²) in [7, 11) is 1.63. The van der Waals surface area contributed by atoms with Crippen LogP contribution in [0.2, 0.25) is 0 Å². The van der Waals surface area contributed by atoms with Crippen LogP contribution in [0.15, 0.2) is 30.6 Å². The molecule has 0 spiro atoms. The Morgan fingerprint density at radius 1 is 1.14 bits per heavy atom. The molecule has 0 aliphatic carbocycles. The van der Waals surface area contributed by atoms with Crippen molar-refractivity contribution in [3.8, 4) is 5.75 Å². The number of aromatic nitrogens is 2. The summed E-state index contributed by atoms with van der Waals surface area (Å²) >= 11 is 0. The van der Waals surface area contributed by atoms with Crippen LogP contribution in [0.3, 0.4) is 0 Å². The van der Waals surface area contributed by atoms with Gasteiger partial charge in [0, 0.05) is 13.1 Å². The van der Waals surface area contributed by atoms with Crippen LogP contribution < -0.4 is 15.4 Å². The normalized spacial score (nSPS) is 10.2. The molecule has 1 heterocycles. The summed E-state index contributed by atoms with van der Waals surface area (Å²) in [5.41, 5.74) is 2.59. The molecule has 5 heteroatoms. The zero-order valence-corrected chi connectivity index (χ0v) is 12.8. The van der Waals surface area contributed by atoms with E-state index in [0.29, 0.717) is 11.6 Å². The molecule has 0 saturated carbocycles. The number of methoxy groups -OCH3 is 1. The van der Waals surface area contributed by atoms with Crippen molar-refractivity contribution in [2.45, 2.75) is 20.3 Å². The van der Waals surface area contributed by atoms with E-state index in [4.69, 9.17) is 4.74 Å². The maximum Gasteiger partial charge on any atom is 0.204 e. The van der Waals surface area contributed by atoms with Gasteiger partial charge in [-0.15, -0.1) is 0 Å². The molecule has 0 unspecified atom stereocenters. The highest BCUT2D eigenvalue weighted by molar-refractivity contribution is 5.63. The molecule has 2 N–H and O–H groups in total. The largest absolute Gasteiger partial charge is 0.490 e. The summed E-state index contributed by atoms with van der Waals surface area (Å²) in [4.78, 5) is 8.44. The average molecular weight is 286 g/mol. The monoisotopic (exact) mass is 286 g/mol. The SMILES string of the molecule is CCNc1ncnc(NCCc2cccc(C)c2)c1OC. The van der Waals surface area contributed by atoms with Crippen LogP contribution in [0.4, 0.5) is 11.6 Å². The molecule has 112 valence electrons. The number of nitrogens with one attached hydrogen (secondary N) is 2. The Kier molecular flexibility index (Phi) is 5.37. The van der Waals surface area contributed by atoms with E-state index in [9.17, 15) is 0 Å². The lowest BCUT2D eigenvalue weighted by atomic mass is 10.1. The van der Waals surface area contributed by atoms with Crippen molar-refractivity contribution in [2.24, 2.45) is 0 Å². The zero-order chi connectivity index (χ0) is 15.1. The molecule has 21 heavy (non-hydrogen) atoms. The van der Waals surface area contributed by atoms with Crippen LogP contribution in [-0.4, -0.2) is 30.2 Å². The number of rotatable bonds is 7. The summed E-state index contributed by atoms with van der Waals surface area (Å²) < 4.78 is 5.40. The lowest BCUT2D eigenvalue weighted by molar-refractivity contribution is 0.414. The van der Waals surface area contributed by atoms with E-state index < -0.39 is 0 Å². The van der Waals surface area contributed by atoms with E-state index in [0.717, 1.165) is 25.3 Å². The van der Waals surface area contributed by atoms with Gasteiger partial charge in [0.1, 0.15) is 6.33 Å². The Hall–Kier alpha value is -2.30. The quantitative estimate of drug-likeness (QED) is 0.819. The molecule has 1 aromatic carbocycles. The molecule has 1 aromatic heterocycles. The maximum absolute atomic E-state index is 5.40. The van der Waals surface area contributed by atoms with Crippen LogP contribution in [0.1, 0.15) is 18.1 Å². The first-order valence-electron chi connectivity index (χ1n) is 7.17. The molecular formula is C16H22N4O. The third-order valence-electron chi connectivity index (χ3n) is 3.14. The highest BCUT2D eigenvalue weighted by atomic mass is 16.5. The number of hydrogen-bond acceptors (Lipinski definition) is 5. The minimum atomic E-state index is 0.656. The van der Waals surface area contributed by atoms with E-state index in [1.807, 2.05) is 6.92 Å². The molecule has 0 amide bonds. The first-order valence-corrected chi connectivity index (χ1v) is 7.17. The minimum Gasteiger partial charge on any atom is -0.490 e. The first kappa shape index (κ1) is 15.1. The average Bonchev–Trinajstić information content (AvgIpc) is 2.48. The standard InChI is InChI=1S/C16H22N4O/c1-4-17-15-14(21-3)16(20-11-19-15)18-9-8-13-7-5-6-12(2)10-13/h5-7,10-11H,4,8-9H2,1-3H3,(H2,17,18,19,20). The second kappa shape index (κ2) is 7.47. The van der Waals surface area contributed by atoms with Gasteiger partial charge >= 0.3 is 0 Å². The predicted molar refractivity (Wildman–Crippen MR) is 86.1 cm³/mol. The second-order valence-electron chi connectivity index (χ2n) is 4.80. The van der Waals surface area contributed by atoms with Crippen LogP contribution >= 0.6 is 0 Å². The highest BCUT2D eigenvalue weighted by Crippen LogP contribution is 2.28. The fourth-order valence-corrected chi connectivity index (χ4v) is 2.18. The Morgan fingerprint density at radius 3 is 2.57 bits per heavy atom.